The average molecular weight is 375 g/mol. The Hall–Kier alpha value is -4.01. The first-order valence-corrected chi connectivity index (χ1v) is 8.51. The summed E-state index contributed by atoms with van der Waals surface area (Å²) in [5.41, 5.74) is 4.95. The first-order valence-electron chi connectivity index (χ1n) is 8.51. The van der Waals surface area contributed by atoms with Crippen molar-refractivity contribution in [2.24, 2.45) is 12.1 Å². The maximum absolute atomic E-state index is 13.0. The van der Waals surface area contributed by atoms with Gasteiger partial charge >= 0.3 is 0 Å². The zero-order valence-corrected chi connectivity index (χ0v) is 15.2. The van der Waals surface area contributed by atoms with Crippen molar-refractivity contribution in [3.63, 3.8) is 0 Å². The Morgan fingerprint density at radius 2 is 1.93 bits per heavy atom. The van der Waals surface area contributed by atoms with Crippen LogP contribution in [-0.2, 0) is 7.05 Å². The molecule has 0 saturated carbocycles. The summed E-state index contributed by atoms with van der Waals surface area (Å²) in [6.45, 7) is 1.98. The first kappa shape index (κ1) is 17.4. The third kappa shape index (κ3) is 2.98. The predicted octanol–water partition coefficient (Wildman–Crippen LogP) is 1.93. The molecule has 28 heavy (non-hydrogen) atoms. The number of aryl methyl sites for hydroxylation is 2. The smallest absolute Gasteiger partial charge is 0.264 e. The van der Waals surface area contributed by atoms with Crippen molar-refractivity contribution in [3.05, 3.63) is 75.8 Å². The minimum Gasteiger partial charge on any atom is -0.506 e. The predicted molar refractivity (Wildman–Crippen MR) is 105 cm³/mol. The van der Waals surface area contributed by atoms with E-state index >= 15 is 0 Å². The molecule has 2 heterocycles. The van der Waals surface area contributed by atoms with Gasteiger partial charge in [-0.05, 0) is 36.4 Å². The third-order valence-corrected chi connectivity index (χ3v) is 4.42. The van der Waals surface area contributed by atoms with Crippen LogP contribution in [0.2, 0.25) is 0 Å². The number of rotatable bonds is 4. The van der Waals surface area contributed by atoms with Gasteiger partial charge in [0.1, 0.15) is 17.0 Å². The molecular formula is C19H17N7O2. The van der Waals surface area contributed by atoms with E-state index in [9.17, 15) is 9.90 Å². The Morgan fingerprint density at radius 3 is 2.64 bits per heavy atom. The number of nitrogens with one attached hydrogen (secondary N) is 2. The van der Waals surface area contributed by atoms with Crippen molar-refractivity contribution in [1.29, 1.82) is 0 Å². The number of aromatic amines is 1. The van der Waals surface area contributed by atoms with E-state index in [4.69, 9.17) is 0 Å². The summed E-state index contributed by atoms with van der Waals surface area (Å²) in [5, 5.41) is 29.4. The maximum Gasteiger partial charge on any atom is 0.264 e. The molecule has 9 nitrogen and oxygen atoms in total. The lowest BCUT2D eigenvalue weighted by molar-refractivity contribution is 0.478. The molecule has 4 rings (SSSR count). The molecule has 0 saturated heterocycles. The summed E-state index contributed by atoms with van der Waals surface area (Å²) < 4.78 is 1.45. The van der Waals surface area contributed by atoms with Crippen LogP contribution >= 0.6 is 0 Å². The van der Waals surface area contributed by atoms with Gasteiger partial charge in [0.2, 0.25) is 5.82 Å². The van der Waals surface area contributed by atoms with Gasteiger partial charge in [-0.15, -0.1) is 10.2 Å². The number of H-pyrrole nitrogens is 1. The Bertz CT molecular complexity index is 1230. The summed E-state index contributed by atoms with van der Waals surface area (Å²) in [4.78, 5) is 13.0. The van der Waals surface area contributed by atoms with Gasteiger partial charge in [-0.1, -0.05) is 29.8 Å². The zero-order valence-electron chi connectivity index (χ0n) is 15.2. The SMILES string of the molecule is Cc1ccc(N/N=C(\c2nn[nH]n2)c2c(O)c3ccccc3n(C)c2=O)cc1. The highest BCUT2D eigenvalue weighted by molar-refractivity contribution is 6.14. The third-order valence-electron chi connectivity index (χ3n) is 4.42. The van der Waals surface area contributed by atoms with Crippen LogP contribution in [0.4, 0.5) is 5.69 Å². The lowest BCUT2D eigenvalue weighted by atomic mass is 10.1. The molecule has 2 aromatic carbocycles. The molecule has 140 valence electrons. The van der Waals surface area contributed by atoms with Crippen LogP contribution in [0.5, 0.6) is 5.75 Å². The zero-order chi connectivity index (χ0) is 19.7. The second-order valence-electron chi connectivity index (χ2n) is 6.28. The van der Waals surface area contributed by atoms with E-state index in [1.54, 1.807) is 31.3 Å². The highest BCUT2D eigenvalue weighted by Gasteiger charge is 2.23. The standard InChI is InChI=1S/C19H17N7O2/c1-11-7-9-12(10-8-11)20-21-16(18-22-24-25-23-18)15-17(27)13-5-3-4-6-14(13)26(2)19(15)28/h3-10,20,27H,1-2H3,(H,22,23,24,25)/b21-16-. The van der Waals surface area contributed by atoms with E-state index in [0.29, 0.717) is 16.6 Å². The van der Waals surface area contributed by atoms with E-state index in [-0.39, 0.29) is 22.8 Å². The van der Waals surface area contributed by atoms with Gasteiger partial charge in [0.15, 0.2) is 0 Å². The van der Waals surface area contributed by atoms with E-state index < -0.39 is 5.56 Å². The summed E-state index contributed by atoms with van der Waals surface area (Å²) in [6.07, 6.45) is 0. The molecule has 0 amide bonds. The largest absolute Gasteiger partial charge is 0.506 e. The van der Waals surface area contributed by atoms with Crippen LogP contribution < -0.4 is 11.0 Å². The number of hydrazone groups is 1. The summed E-state index contributed by atoms with van der Waals surface area (Å²) >= 11 is 0. The molecule has 3 N–H and O–H groups in total. The Labute approximate surface area is 159 Å². The molecule has 0 unspecified atom stereocenters. The molecule has 9 heteroatoms. The van der Waals surface area contributed by atoms with Crippen LogP contribution in [0, 0.1) is 6.92 Å². The fourth-order valence-electron chi connectivity index (χ4n) is 2.92. The van der Waals surface area contributed by atoms with Crippen LogP contribution in [0.3, 0.4) is 0 Å². The van der Waals surface area contributed by atoms with Crippen molar-refractivity contribution < 1.29 is 5.11 Å². The minimum atomic E-state index is -0.426. The number of hydrogen-bond donors (Lipinski definition) is 3. The van der Waals surface area contributed by atoms with E-state index in [1.807, 2.05) is 31.2 Å². The molecule has 0 aliphatic carbocycles. The fraction of sp³-hybridized carbons (Fsp3) is 0.105. The molecule has 0 aliphatic rings. The van der Waals surface area contributed by atoms with Gasteiger partial charge in [-0.25, -0.2) is 0 Å². The van der Waals surface area contributed by atoms with Crippen LogP contribution in [0.25, 0.3) is 10.9 Å². The molecule has 0 radical (unpaired) electrons. The number of benzene rings is 2. The molecule has 0 fully saturated rings. The lowest BCUT2D eigenvalue weighted by Crippen LogP contribution is -2.27. The number of pyridine rings is 1. The van der Waals surface area contributed by atoms with Crippen molar-refractivity contribution in [3.8, 4) is 5.75 Å². The minimum absolute atomic E-state index is 0.0118. The first-order chi connectivity index (χ1) is 13.6. The van der Waals surface area contributed by atoms with Gasteiger partial charge in [0.25, 0.3) is 5.56 Å². The molecule has 0 bridgehead atoms. The Balaban J connectivity index is 1.92. The van der Waals surface area contributed by atoms with Crippen LogP contribution in [0.1, 0.15) is 17.0 Å². The van der Waals surface area contributed by atoms with Crippen molar-refractivity contribution in [2.45, 2.75) is 6.92 Å². The highest BCUT2D eigenvalue weighted by atomic mass is 16.3. The quantitative estimate of drug-likeness (QED) is 0.370. The van der Waals surface area contributed by atoms with E-state index in [0.717, 1.165) is 5.56 Å². The second kappa shape index (κ2) is 6.95. The molecular weight excluding hydrogens is 358 g/mol. The highest BCUT2D eigenvalue weighted by Crippen LogP contribution is 2.27. The lowest BCUT2D eigenvalue weighted by Gasteiger charge is -2.12. The fourth-order valence-corrected chi connectivity index (χ4v) is 2.92. The molecule has 0 aliphatic heterocycles. The van der Waals surface area contributed by atoms with Crippen LogP contribution in [-0.4, -0.2) is 36.0 Å². The maximum atomic E-state index is 13.0. The van der Waals surface area contributed by atoms with E-state index in [1.165, 1.54) is 4.57 Å². The van der Waals surface area contributed by atoms with Gasteiger partial charge in [0.05, 0.1) is 11.2 Å². The summed E-state index contributed by atoms with van der Waals surface area (Å²) in [5.74, 6) is -0.102. The van der Waals surface area contributed by atoms with Gasteiger partial charge < -0.3 is 9.67 Å². The monoisotopic (exact) mass is 375 g/mol. The Morgan fingerprint density at radius 1 is 1.18 bits per heavy atom. The molecule has 4 aromatic rings. The molecule has 2 aromatic heterocycles. The van der Waals surface area contributed by atoms with Crippen molar-refractivity contribution in [2.75, 3.05) is 5.43 Å². The summed E-state index contributed by atoms with van der Waals surface area (Å²) in [6, 6.07) is 14.6. The number of para-hydroxylation sites is 1. The van der Waals surface area contributed by atoms with E-state index in [2.05, 4.69) is 31.2 Å². The normalized spacial score (nSPS) is 11.7. The van der Waals surface area contributed by atoms with Gasteiger partial charge in [0, 0.05) is 12.4 Å². The van der Waals surface area contributed by atoms with Crippen molar-refractivity contribution >= 4 is 22.3 Å². The van der Waals surface area contributed by atoms with Gasteiger partial charge in [-0.3, -0.25) is 10.2 Å². The molecule has 0 spiro atoms. The Kier molecular flexibility index (Phi) is 4.32. The number of hydrogen-bond acceptors (Lipinski definition) is 7. The van der Waals surface area contributed by atoms with Crippen LogP contribution in [0.15, 0.2) is 58.4 Å². The molecule has 0 atom stereocenters. The number of nitrogens with zero attached hydrogens (tertiary/aromatic N) is 5. The summed E-state index contributed by atoms with van der Waals surface area (Å²) in [7, 11) is 1.63. The number of anilines is 1. The number of fused-ring (bicyclic) bond motifs is 1. The second-order valence-corrected chi connectivity index (χ2v) is 6.28. The average Bonchev–Trinajstić information content (AvgIpc) is 3.24. The van der Waals surface area contributed by atoms with Crippen molar-refractivity contribution in [1.82, 2.24) is 25.2 Å². The topological polar surface area (TPSA) is 121 Å². The number of aromatic hydroxyl groups is 1. The van der Waals surface area contributed by atoms with Gasteiger partial charge in [-0.2, -0.15) is 10.3 Å². The number of tetrazole rings is 1. The number of aromatic nitrogens is 5.